The number of benzene rings is 1. The van der Waals surface area contributed by atoms with Gasteiger partial charge in [0, 0.05) is 0 Å². The monoisotopic (exact) mass is 492 g/mol. The van der Waals surface area contributed by atoms with Gasteiger partial charge in [-0.05, 0) is 59.2 Å². The molecule has 0 atom stereocenters. The van der Waals surface area contributed by atoms with E-state index in [2.05, 4.69) is 10.2 Å². The molecule has 8 nitrogen and oxygen atoms in total. The Labute approximate surface area is 201 Å². The maximum atomic E-state index is 12.5. The molecule has 0 amide bonds. The van der Waals surface area contributed by atoms with Crippen molar-refractivity contribution in [1.82, 2.24) is 19.6 Å². The highest BCUT2D eigenvalue weighted by Gasteiger charge is 2.21. The molecule has 3 rings (SSSR count). The standard InChI is InChI=1S/C23H26Cl2N4O4/c1-22(2,3)28-20(30)18(24)16(11-26-28)32-13-14-7-9-15(10-8-14)33-17-12-27-29(23(4,5)6)21(31)19(17)25/h7-12H,13H2,1-6H3. The van der Waals surface area contributed by atoms with Crippen LogP contribution in [0.3, 0.4) is 0 Å². The molecule has 2 heterocycles. The lowest BCUT2D eigenvalue weighted by atomic mass is 10.1. The quantitative estimate of drug-likeness (QED) is 0.498. The van der Waals surface area contributed by atoms with Gasteiger partial charge in [-0.2, -0.15) is 10.2 Å². The summed E-state index contributed by atoms with van der Waals surface area (Å²) in [6, 6.07) is 6.99. The van der Waals surface area contributed by atoms with Crippen molar-refractivity contribution in [3.8, 4) is 17.2 Å². The molecule has 0 spiro atoms. The summed E-state index contributed by atoms with van der Waals surface area (Å²) >= 11 is 12.4. The fraction of sp³-hybridized carbons (Fsp3) is 0.391. The number of nitrogens with zero attached hydrogens (tertiary/aromatic N) is 4. The van der Waals surface area contributed by atoms with E-state index in [1.807, 2.05) is 41.5 Å². The van der Waals surface area contributed by atoms with E-state index < -0.39 is 22.2 Å². The normalized spacial score (nSPS) is 12.0. The molecular formula is C23H26Cl2N4O4. The molecule has 2 aromatic heterocycles. The second-order valence-electron chi connectivity index (χ2n) is 9.46. The molecule has 33 heavy (non-hydrogen) atoms. The van der Waals surface area contributed by atoms with Gasteiger partial charge in [0.15, 0.2) is 21.5 Å². The van der Waals surface area contributed by atoms with Crippen molar-refractivity contribution in [3.63, 3.8) is 0 Å². The van der Waals surface area contributed by atoms with Gasteiger partial charge < -0.3 is 9.47 Å². The Morgan fingerprint density at radius 3 is 1.73 bits per heavy atom. The highest BCUT2D eigenvalue weighted by atomic mass is 35.5. The SMILES string of the molecule is CC(C)(C)n1ncc(OCc2ccc(Oc3cnn(C(C)(C)C)c(=O)c3Cl)cc2)c(Cl)c1=O. The number of halogens is 2. The van der Waals surface area contributed by atoms with Crippen LogP contribution in [0.2, 0.25) is 10.0 Å². The van der Waals surface area contributed by atoms with E-state index in [-0.39, 0.29) is 28.2 Å². The summed E-state index contributed by atoms with van der Waals surface area (Å²) in [5, 5.41) is 8.24. The van der Waals surface area contributed by atoms with E-state index in [4.69, 9.17) is 32.7 Å². The molecule has 0 saturated carbocycles. The second kappa shape index (κ2) is 9.19. The van der Waals surface area contributed by atoms with Gasteiger partial charge in [0.2, 0.25) is 0 Å². The largest absolute Gasteiger partial charge is 0.485 e. The van der Waals surface area contributed by atoms with Crippen LogP contribution >= 0.6 is 23.2 Å². The number of aromatic nitrogens is 4. The number of ether oxygens (including phenoxy) is 2. The predicted octanol–water partition coefficient (Wildman–Crippen LogP) is 4.99. The summed E-state index contributed by atoms with van der Waals surface area (Å²) in [5.74, 6) is 0.853. The first kappa shape index (κ1) is 24.8. The molecular weight excluding hydrogens is 467 g/mol. The molecule has 0 saturated heterocycles. The van der Waals surface area contributed by atoms with Crippen LogP contribution in [-0.4, -0.2) is 19.6 Å². The van der Waals surface area contributed by atoms with Crippen molar-refractivity contribution in [3.05, 3.63) is 73.0 Å². The van der Waals surface area contributed by atoms with E-state index in [0.29, 0.717) is 5.75 Å². The van der Waals surface area contributed by atoms with Crippen molar-refractivity contribution >= 4 is 23.2 Å². The average molecular weight is 493 g/mol. The first-order chi connectivity index (χ1) is 15.3. The van der Waals surface area contributed by atoms with Gasteiger partial charge in [0.1, 0.15) is 12.4 Å². The Morgan fingerprint density at radius 2 is 1.24 bits per heavy atom. The fourth-order valence-corrected chi connectivity index (χ4v) is 3.26. The van der Waals surface area contributed by atoms with Crippen LogP contribution in [0.1, 0.15) is 47.1 Å². The van der Waals surface area contributed by atoms with E-state index in [1.54, 1.807) is 24.3 Å². The topological polar surface area (TPSA) is 88.2 Å². The lowest BCUT2D eigenvalue weighted by Crippen LogP contribution is -2.36. The first-order valence-corrected chi connectivity index (χ1v) is 11.0. The third-order valence-corrected chi connectivity index (χ3v) is 5.29. The predicted molar refractivity (Wildman–Crippen MR) is 128 cm³/mol. The molecule has 0 unspecified atom stereocenters. The first-order valence-electron chi connectivity index (χ1n) is 10.3. The molecule has 0 N–H and O–H groups in total. The zero-order valence-corrected chi connectivity index (χ0v) is 20.9. The van der Waals surface area contributed by atoms with Crippen LogP contribution in [-0.2, 0) is 17.7 Å². The molecule has 176 valence electrons. The minimum absolute atomic E-state index is 0.0213. The fourth-order valence-electron chi connectivity index (χ4n) is 2.90. The lowest BCUT2D eigenvalue weighted by molar-refractivity contribution is 0.292. The van der Waals surface area contributed by atoms with Crippen LogP contribution in [0, 0.1) is 0 Å². The Hall–Kier alpha value is -2.84. The zero-order valence-electron chi connectivity index (χ0n) is 19.3. The van der Waals surface area contributed by atoms with Crippen molar-refractivity contribution in [2.45, 2.75) is 59.2 Å². The summed E-state index contributed by atoms with van der Waals surface area (Å²) in [7, 11) is 0. The summed E-state index contributed by atoms with van der Waals surface area (Å²) in [4.78, 5) is 24.9. The summed E-state index contributed by atoms with van der Waals surface area (Å²) < 4.78 is 14.0. The molecule has 3 aromatic rings. The van der Waals surface area contributed by atoms with Gasteiger partial charge in [-0.15, -0.1) is 0 Å². The van der Waals surface area contributed by atoms with Gasteiger partial charge in [-0.3, -0.25) is 9.59 Å². The van der Waals surface area contributed by atoms with Crippen molar-refractivity contribution in [2.75, 3.05) is 0 Å². The van der Waals surface area contributed by atoms with E-state index in [0.717, 1.165) is 5.56 Å². The summed E-state index contributed by atoms with van der Waals surface area (Å²) in [5.41, 5.74) is -1.02. The van der Waals surface area contributed by atoms with Gasteiger partial charge in [0.25, 0.3) is 11.1 Å². The minimum atomic E-state index is -0.502. The second-order valence-corrected chi connectivity index (χ2v) is 10.2. The van der Waals surface area contributed by atoms with Gasteiger partial charge in [0.05, 0.1) is 23.5 Å². The average Bonchev–Trinajstić information content (AvgIpc) is 2.71. The van der Waals surface area contributed by atoms with Crippen LogP contribution < -0.4 is 20.6 Å². The van der Waals surface area contributed by atoms with Gasteiger partial charge in [-0.1, -0.05) is 35.3 Å². The van der Waals surface area contributed by atoms with Crippen LogP contribution in [0.4, 0.5) is 0 Å². The lowest BCUT2D eigenvalue weighted by Gasteiger charge is -2.21. The highest BCUT2D eigenvalue weighted by molar-refractivity contribution is 6.32. The maximum absolute atomic E-state index is 12.5. The van der Waals surface area contributed by atoms with Crippen molar-refractivity contribution in [2.24, 2.45) is 0 Å². The summed E-state index contributed by atoms with van der Waals surface area (Å²) in [6.45, 7) is 11.3. The molecule has 0 bridgehead atoms. The smallest absolute Gasteiger partial charge is 0.289 e. The Morgan fingerprint density at radius 1 is 0.788 bits per heavy atom. The van der Waals surface area contributed by atoms with Gasteiger partial charge >= 0.3 is 0 Å². The van der Waals surface area contributed by atoms with Crippen molar-refractivity contribution in [1.29, 1.82) is 0 Å². The van der Waals surface area contributed by atoms with Gasteiger partial charge in [-0.25, -0.2) is 9.36 Å². The van der Waals surface area contributed by atoms with Crippen LogP contribution in [0.5, 0.6) is 17.2 Å². The molecule has 1 aromatic carbocycles. The van der Waals surface area contributed by atoms with E-state index in [9.17, 15) is 9.59 Å². The van der Waals surface area contributed by atoms with Crippen molar-refractivity contribution < 1.29 is 9.47 Å². The minimum Gasteiger partial charge on any atom is -0.485 e. The molecule has 10 heteroatoms. The molecule has 0 aliphatic carbocycles. The van der Waals surface area contributed by atoms with E-state index in [1.165, 1.54) is 21.8 Å². The number of hydrogen-bond donors (Lipinski definition) is 0. The van der Waals surface area contributed by atoms with E-state index >= 15 is 0 Å². The third kappa shape index (κ3) is 5.57. The Bertz CT molecular complexity index is 1270. The van der Waals surface area contributed by atoms with Crippen LogP contribution in [0.15, 0.2) is 46.2 Å². The zero-order chi connectivity index (χ0) is 24.6. The molecule has 0 aliphatic heterocycles. The molecule has 0 aliphatic rings. The Kier molecular flexibility index (Phi) is 6.91. The number of hydrogen-bond acceptors (Lipinski definition) is 6. The maximum Gasteiger partial charge on any atom is 0.289 e. The summed E-state index contributed by atoms with van der Waals surface area (Å²) in [6.07, 6.45) is 2.85. The van der Waals surface area contributed by atoms with Crippen LogP contribution in [0.25, 0.3) is 0 Å². The third-order valence-electron chi connectivity index (χ3n) is 4.59. The number of rotatable bonds is 5. The molecule has 0 radical (unpaired) electrons. The highest BCUT2D eigenvalue weighted by Crippen LogP contribution is 2.27. The Balaban J connectivity index is 1.71. The molecule has 0 fully saturated rings.